The summed E-state index contributed by atoms with van der Waals surface area (Å²) in [6, 6.07) is 12.7. The van der Waals surface area contributed by atoms with Crippen LogP contribution in [-0.4, -0.2) is 18.5 Å². The van der Waals surface area contributed by atoms with Gasteiger partial charge in [0.1, 0.15) is 5.71 Å². The van der Waals surface area contributed by atoms with Crippen molar-refractivity contribution in [3.05, 3.63) is 47.5 Å². The van der Waals surface area contributed by atoms with Gasteiger partial charge in [0.15, 0.2) is 0 Å². The molecule has 2 N–H and O–H groups in total. The third-order valence-electron chi connectivity index (χ3n) is 4.03. The zero-order chi connectivity index (χ0) is 16.5. The van der Waals surface area contributed by atoms with Crippen LogP contribution in [0.5, 0.6) is 0 Å². The number of nitrogens with two attached hydrogens (primary N) is 1. The fraction of sp³-hybridized carbons (Fsp3) is 0.400. The van der Waals surface area contributed by atoms with Crippen LogP contribution < -0.4 is 5.84 Å². The first-order valence-corrected chi connectivity index (χ1v) is 8.53. The fourth-order valence-electron chi connectivity index (χ4n) is 2.66. The highest BCUT2D eigenvalue weighted by atomic mass is 15.1. The minimum Gasteiger partial charge on any atom is -0.323 e. The lowest BCUT2D eigenvalue weighted by atomic mass is 10.0. The molecule has 23 heavy (non-hydrogen) atoms. The summed E-state index contributed by atoms with van der Waals surface area (Å²) in [6.45, 7) is 5.18. The van der Waals surface area contributed by atoms with Gasteiger partial charge in [-0.25, -0.2) is 0 Å². The number of unbranched alkanes of at least 4 members (excludes halogenated alkanes) is 4. The van der Waals surface area contributed by atoms with Crippen LogP contribution in [0.25, 0.3) is 10.8 Å². The molecule has 0 aliphatic carbocycles. The van der Waals surface area contributed by atoms with Crippen LogP contribution in [0.4, 0.5) is 0 Å². The van der Waals surface area contributed by atoms with Gasteiger partial charge in [0, 0.05) is 18.3 Å². The van der Waals surface area contributed by atoms with Crippen LogP contribution in [-0.2, 0) is 0 Å². The highest BCUT2D eigenvalue weighted by Crippen LogP contribution is 2.18. The van der Waals surface area contributed by atoms with Gasteiger partial charge in [0.25, 0.3) is 0 Å². The lowest BCUT2D eigenvalue weighted by Crippen LogP contribution is -2.06. The number of aryl methyl sites for hydroxylation is 1. The third kappa shape index (κ3) is 5.20. The van der Waals surface area contributed by atoms with Gasteiger partial charge in [-0.15, -0.1) is 0 Å². The summed E-state index contributed by atoms with van der Waals surface area (Å²) >= 11 is 0. The minimum atomic E-state index is 0.737. The second kappa shape index (κ2) is 9.09. The lowest BCUT2D eigenvalue weighted by Gasteiger charge is -2.04. The molecule has 0 amide bonds. The molecule has 2 aromatic rings. The Morgan fingerprint density at radius 3 is 2.52 bits per heavy atom. The second-order valence-corrected chi connectivity index (χ2v) is 6.03. The van der Waals surface area contributed by atoms with Crippen molar-refractivity contribution in [1.82, 2.24) is 0 Å². The molecule has 3 heteroatoms. The average molecular weight is 309 g/mol. The van der Waals surface area contributed by atoms with Gasteiger partial charge in [-0.1, -0.05) is 68.5 Å². The summed E-state index contributed by atoms with van der Waals surface area (Å²) in [4.78, 5) is 4.47. The molecule has 2 rings (SSSR count). The molecular weight excluding hydrogens is 282 g/mol. The molecule has 0 heterocycles. The van der Waals surface area contributed by atoms with Crippen LogP contribution in [0.1, 0.15) is 50.2 Å². The Morgan fingerprint density at radius 2 is 1.74 bits per heavy atom. The molecule has 3 nitrogen and oxygen atoms in total. The first-order chi connectivity index (χ1) is 11.2. The topological polar surface area (TPSA) is 50.7 Å². The minimum absolute atomic E-state index is 0.737. The molecule has 0 aromatic heterocycles. The molecule has 0 saturated carbocycles. The van der Waals surface area contributed by atoms with Crippen molar-refractivity contribution in [2.45, 2.75) is 46.0 Å². The Morgan fingerprint density at radius 1 is 1.00 bits per heavy atom. The highest BCUT2D eigenvalue weighted by molar-refractivity contribution is 6.38. The summed E-state index contributed by atoms with van der Waals surface area (Å²) in [5.41, 5.74) is 3.02. The van der Waals surface area contributed by atoms with Crippen molar-refractivity contribution < 1.29 is 0 Å². The zero-order valence-corrected chi connectivity index (χ0v) is 14.3. The molecular formula is C20H27N3. The van der Waals surface area contributed by atoms with Crippen molar-refractivity contribution in [3.8, 4) is 0 Å². The van der Waals surface area contributed by atoms with E-state index in [9.17, 15) is 0 Å². The van der Waals surface area contributed by atoms with E-state index in [-0.39, 0.29) is 0 Å². The van der Waals surface area contributed by atoms with E-state index in [1.165, 1.54) is 42.0 Å². The van der Waals surface area contributed by atoms with E-state index in [0.717, 1.165) is 24.2 Å². The highest BCUT2D eigenvalue weighted by Gasteiger charge is 2.02. The summed E-state index contributed by atoms with van der Waals surface area (Å²) < 4.78 is 0. The molecule has 0 radical (unpaired) electrons. The van der Waals surface area contributed by atoms with E-state index in [1.807, 2.05) is 0 Å². The number of aliphatic imine (C=N–C) groups is 1. The Kier molecular flexibility index (Phi) is 6.79. The van der Waals surface area contributed by atoms with E-state index in [1.54, 1.807) is 6.21 Å². The van der Waals surface area contributed by atoms with Crippen molar-refractivity contribution in [1.29, 1.82) is 0 Å². The molecule has 0 spiro atoms. The van der Waals surface area contributed by atoms with Crippen LogP contribution >= 0.6 is 0 Å². The van der Waals surface area contributed by atoms with Crippen LogP contribution in [0.3, 0.4) is 0 Å². The number of benzene rings is 2. The van der Waals surface area contributed by atoms with Crippen LogP contribution in [0.2, 0.25) is 0 Å². The van der Waals surface area contributed by atoms with E-state index >= 15 is 0 Å². The first kappa shape index (κ1) is 17.2. The molecule has 0 bridgehead atoms. The molecule has 122 valence electrons. The summed E-state index contributed by atoms with van der Waals surface area (Å²) in [7, 11) is 0. The van der Waals surface area contributed by atoms with Crippen molar-refractivity contribution in [3.63, 3.8) is 0 Å². The monoisotopic (exact) mass is 309 g/mol. The number of rotatable bonds is 8. The predicted octanol–water partition coefficient (Wildman–Crippen LogP) is 4.85. The van der Waals surface area contributed by atoms with Gasteiger partial charge in [0.05, 0.1) is 0 Å². The van der Waals surface area contributed by atoms with Crippen LogP contribution in [0.15, 0.2) is 46.5 Å². The average Bonchev–Trinajstić information content (AvgIpc) is 2.57. The zero-order valence-electron chi connectivity index (χ0n) is 14.3. The third-order valence-corrected chi connectivity index (χ3v) is 4.03. The number of hydrogen-bond donors (Lipinski definition) is 1. The number of hydrogen-bond acceptors (Lipinski definition) is 3. The van der Waals surface area contributed by atoms with Gasteiger partial charge < -0.3 is 5.84 Å². The number of nitrogens with zero attached hydrogens (tertiary/aromatic N) is 2. The largest absolute Gasteiger partial charge is 0.323 e. The molecule has 0 saturated heterocycles. The number of hydrazone groups is 1. The number of fused-ring (bicyclic) bond motifs is 1. The molecule has 0 aliphatic heterocycles. The molecule has 2 aromatic carbocycles. The Bertz CT molecular complexity index is 686. The second-order valence-electron chi connectivity index (χ2n) is 6.03. The molecule has 0 aliphatic rings. The maximum absolute atomic E-state index is 5.55. The maximum Gasteiger partial charge on any atom is 0.108 e. The van der Waals surface area contributed by atoms with E-state index < -0.39 is 0 Å². The van der Waals surface area contributed by atoms with Crippen LogP contribution in [0, 0.1) is 6.92 Å². The van der Waals surface area contributed by atoms with Gasteiger partial charge >= 0.3 is 0 Å². The van der Waals surface area contributed by atoms with Gasteiger partial charge in [-0.05, 0) is 30.2 Å². The normalized spacial score (nSPS) is 12.3. The Labute approximate surface area is 139 Å². The molecule has 0 unspecified atom stereocenters. The Hall–Kier alpha value is -2.16. The summed E-state index contributed by atoms with van der Waals surface area (Å²) in [5.74, 6) is 5.55. The summed E-state index contributed by atoms with van der Waals surface area (Å²) in [6.07, 6.45) is 8.06. The quantitative estimate of drug-likeness (QED) is 0.322. The SMILES string of the molecule is CCCCCCCN=C/C(=N\N)c1ccc2cc(C)ccc2c1. The lowest BCUT2D eigenvalue weighted by molar-refractivity contribution is 0.639. The van der Waals surface area contributed by atoms with Crippen molar-refractivity contribution in [2.24, 2.45) is 15.9 Å². The van der Waals surface area contributed by atoms with E-state index in [0.29, 0.717) is 0 Å². The van der Waals surface area contributed by atoms with E-state index in [4.69, 9.17) is 5.84 Å². The van der Waals surface area contributed by atoms with Gasteiger partial charge in [-0.3, -0.25) is 4.99 Å². The molecule has 0 atom stereocenters. The maximum atomic E-state index is 5.55. The van der Waals surface area contributed by atoms with Crippen molar-refractivity contribution in [2.75, 3.05) is 6.54 Å². The van der Waals surface area contributed by atoms with E-state index in [2.05, 4.69) is 60.3 Å². The first-order valence-electron chi connectivity index (χ1n) is 8.53. The van der Waals surface area contributed by atoms with Gasteiger partial charge in [0.2, 0.25) is 0 Å². The fourth-order valence-corrected chi connectivity index (χ4v) is 2.66. The smallest absolute Gasteiger partial charge is 0.108 e. The van der Waals surface area contributed by atoms with Gasteiger partial charge in [-0.2, -0.15) is 5.10 Å². The molecule has 0 fully saturated rings. The van der Waals surface area contributed by atoms with Crippen molar-refractivity contribution >= 4 is 22.7 Å². The predicted molar refractivity (Wildman–Crippen MR) is 102 cm³/mol. The summed E-state index contributed by atoms with van der Waals surface area (Å²) in [5, 5.41) is 6.33. The Balaban J connectivity index is 1.99. The standard InChI is InChI=1S/C20H27N3/c1-3-4-5-6-7-12-22-15-20(23-21)19-11-10-17-13-16(2)8-9-18(17)14-19/h8-11,13-15H,3-7,12,21H2,1-2H3/b22-15?,23-20+.